The maximum atomic E-state index is 12.7. The van der Waals surface area contributed by atoms with Crippen LogP contribution in [0.3, 0.4) is 0 Å². The van der Waals surface area contributed by atoms with Crippen LogP contribution in [-0.2, 0) is 4.79 Å². The van der Waals surface area contributed by atoms with Crippen LogP contribution in [0.4, 0.5) is 0 Å². The Bertz CT molecular complexity index is 492. The van der Waals surface area contributed by atoms with E-state index in [1.54, 1.807) is 0 Å². The van der Waals surface area contributed by atoms with E-state index < -0.39 is 0 Å². The second-order valence-corrected chi connectivity index (χ2v) is 10.6. The predicted molar refractivity (Wildman–Crippen MR) is 95.9 cm³/mol. The summed E-state index contributed by atoms with van der Waals surface area (Å²) in [6.45, 7) is 4.79. The lowest BCUT2D eigenvalue weighted by Gasteiger charge is -2.60. The summed E-state index contributed by atoms with van der Waals surface area (Å²) in [6, 6.07) is 0. The number of hydrogen-bond donors (Lipinski definition) is 1. The second-order valence-electron chi connectivity index (χ2n) is 9.11. The number of alkyl halides is 1. The summed E-state index contributed by atoms with van der Waals surface area (Å²) in [5.74, 6) is 3.45. The highest BCUT2D eigenvalue weighted by Gasteiger charge is 2.61. The average molecular weight is 416 g/mol. The number of hydrogen-bond acceptors (Lipinski definition) is 2. The monoisotopic (exact) mass is 416 g/mol. The maximum absolute atomic E-state index is 12.7. The summed E-state index contributed by atoms with van der Waals surface area (Å²) in [7, 11) is 0. The zero-order valence-corrected chi connectivity index (χ0v) is 16.0. The number of carbonyl (C=O) groups excluding carboxylic acids is 1. The molecule has 22 heavy (non-hydrogen) atoms. The number of aliphatic hydroxyl groups is 1. The van der Waals surface area contributed by atoms with Crippen molar-refractivity contribution >= 4 is 28.4 Å². The fourth-order valence-corrected chi connectivity index (χ4v) is 8.24. The van der Waals surface area contributed by atoms with E-state index in [2.05, 4.69) is 36.4 Å². The van der Waals surface area contributed by atoms with Gasteiger partial charge in [0.25, 0.3) is 0 Å². The molecule has 2 nitrogen and oxygen atoms in total. The third kappa shape index (κ3) is 2.03. The maximum Gasteiger partial charge on any atom is 0.151 e. The highest BCUT2D eigenvalue weighted by molar-refractivity contribution is 14.1. The first kappa shape index (κ1) is 15.9. The van der Waals surface area contributed by atoms with Crippen molar-refractivity contribution in [3.05, 3.63) is 0 Å². The van der Waals surface area contributed by atoms with Crippen LogP contribution in [0.25, 0.3) is 0 Å². The molecule has 0 spiro atoms. The highest BCUT2D eigenvalue weighted by Crippen LogP contribution is 2.65. The molecular weight excluding hydrogens is 387 g/mol. The molecule has 0 bridgehead atoms. The van der Waals surface area contributed by atoms with Crippen LogP contribution in [0.5, 0.6) is 0 Å². The Labute approximate surface area is 148 Å². The van der Waals surface area contributed by atoms with Crippen LogP contribution >= 0.6 is 22.6 Å². The second kappa shape index (κ2) is 5.18. The lowest BCUT2D eigenvalue weighted by molar-refractivity contribution is -0.142. The van der Waals surface area contributed by atoms with Gasteiger partial charge < -0.3 is 5.11 Å². The van der Waals surface area contributed by atoms with E-state index in [0.717, 1.165) is 37.5 Å². The largest absolute Gasteiger partial charge is 0.393 e. The van der Waals surface area contributed by atoms with Crippen LogP contribution in [0.2, 0.25) is 0 Å². The van der Waals surface area contributed by atoms with Crippen molar-refractivity contribution in [1.82, 2.24) is 0 Å². The molecule has 4 saturated carbocycles. The molecule has 124 valence electrons. The van der Waals surface area contributed by atoms with E-state index >= 15 is 0 Å². The average Bonchev–Trinajstić information content (AvgIpc) is 2.72. The number of carbonyl (C=O) groups is 1. The van der Waals surface area contributed by atoms with Gasteiger partial charge in [0.15, 0.2) is 5.78 Å². The third-order valence-corrected chi connectivity index (χ3v) is 9.41. The van der Waals surface area contributed by atoms with Gasteiger partial charge in [0, 0.05) is 5.41 Å². The normalized spacial score (nSPS) is 57.9. The zero-order valence-electron chi connectivity index (χ0n) is 13.9. The Balaban J connectivity index is 1.64. The third-order valence-electron chi connectivity index (χ3n) is 8.34. The highest BCUT2D eigenvalue weighted by atomic mass is 127. The topological polar surface area (TPSA) is 37.3 Å². The van der Waals surface area contributed by atoms with Gasteiger partial charge in [-0.05, 0) is 80.5 Å². The first-order valence-electron chi connectivity index (χ1n) is 9.23. The standard InChI is InChI=1S/C19H29IO2/c1-18-7-5-12(21)9-11(18)3-4-13-14(18)6-8-19(2)15(13)10-16(20)17(19)22/h11-16,21H,3-10H2,1-2H3/t11-,12+,13-,14+,15+,16-,18+,19+/m1/s1. The number of halogens is 1. The van der Waals surface area contributed by atoms with Crippen LogP contribution in [-0.4, -0.2) is 20.9 Å². The Kier molecular flexibility index (Phi) is 3.73. The summed E-state index contributed by atoms with van der Waals surface area (Å²) in [6.07, 6.45) is 9.22. The minimum absolute atomic E-state index is 0.0234. The number of rotatable bonds is 0. The van der Waals surface area contributed by atoms with Gasteiger partial charge in [-0.2, -0.15) is 0 Å². The first-order valence-corrected chi connectivity index (χ1v) is 10.5. The Morgan fingerprint density at radius 3 is 2.59 bits per heavy atom. The smallest absolute Gasteiger partial charge is 0.151 e. The molecule has 0 aliphatic heterocycles. The number of ketones is 1. The molecule has 4 aliphatic carbocycles. The molecule has 8 atom stereocenters. The van der Waals surface area contributed by atoms with E-state index in [0.29, 0.717) is 23.0 Å². The molecular formula is C19H29IO2. The van der Waals surface area contributed by atoms with Crippen molar-refractivity contribution in [3.63, 3.8) is 0 Å². The van der Waals surface area contributed by atoms with Gasteiger partial charge >= 0.3 is 0 Å². The number of fused-ring (bicyclic) bond motifs is 5. The summed E-state index contributed by atoms with van der Waals surface area (Å²) in [4.78, 5) is 12.7. The Hall–Kier alpha value is 0.360. The van der Waals surface area contributed by atoms with E-state index in [1.165, 1.54) is 25.7 Å². The fraction of sp³-hybridized carbons (Fsp3) is 0.947. The van der Waals surface area contributed by atoms with E-state index in [1.807, 2.05) is 0 Å². The molecule has 0 saturated heterocycles. The van der Waals surface area contributed by atoms with Gasteiger partial charge in [0.05, 0.1) is 10.0 Å². The zero-order chi connectivity index (χ0) is 15.7. The van der Waals surface area contributed by atoms with E-state index in [9.17, 15) is 9.90 Å². The van der Waals surface area contributed by atoms with Crippen molar-refractivity contribution in [2.75, 3.05) is 0 Å². The van der Waals surface area contributed by atoms with Gasteiger partial charge in [-0.25, -0.2) is 0 Å². The van der Waals surface area contributed by atoms with Gasteiger partial charge in [0.1, 0.15) is 0 Å². The molecule has 0 aromatic rings. The minimum Gasteiger partial charge on any atom is -0.393 e. The van der Waals surface area contributed by atoms with Crippen molar-refractivity contribution in [1.29, 1.82) is 0 Å². The number of Topliss-reactive ketones (excluding diaryl/α,β-unsaturated/α-hetero) is 1. The summed E-state index contributed by atoms with van der Waals surface area (Å²) in [5.41, 5.74) is 0.403. The molecule has 0 aromatic heterocycles. The lowest BCUT2D eigenvalue weighted by atomic mass is 9.45. The predicted octanol–water partition coefficient (Wildman–Crippen LogP) is 4.37. The van der Waals surface area contributed by atoms with Crippen LogP contribution in [0.15, 0.2) is 0 Å². The Morgan fingerprint density at radius 1 is 1.05 bits per heavy atom. The van der Waals surface area contributed by atoms with Gasteiger partial charge in [0.2, 0.25) is 0 Å². The van der Waals surface area contributed by atoms with Gasteiger partial charge in [-0.3, -0.25) is 4.79 Å². The SMILES string of the molecule is C[C@]12CC[C@H](O)C[C@H]1CC[C@@H]1[C@@H]2CC[C@]2(C)C(=O)[C@H](I)C[C@@H]12. The summed E-state index contributed by atoms with van der Waals surface area (Å²) < 4.78 is 0.255. The van der Waals surface area contributed by atoms with E-state index in [4.69, 9.17) is 0 Å². The molecule has 0 radical (unpaired) electrons. The summed E-state index contributed by atoms with van der Waals surface area (Å²) >= 11 is 2.40. The molecule has 4 fully saturated rings. The molecule has 0 aromatic carbocycles. The van der Waals surface area contributed by atoms with Crippen molar-refractivity contribution in [2.24, 2.45) is 34.5 Å². The van der Waals surface area contributed by atoms with Gasteiger partial charge in [-0.15, -0.1) is 0 Å². The first-order chi connectivity index (χ1) is 10.4. The molecule has 4 aliphatic rings. The molecule has 0 amide bonds. The van der Waals surface area contributed by atoms with Crippen LogP contribution in [0.1, 0.15) is 65.2 Å². The number of aliphatic hydroxyl groups excluding tert-OH is 1. The molecule has 4 rings (SSSR count). The lowest BCUT2D eigenvalue weighted by Crippen LogP contribution is -2.54. The molecule has 3 heteroatoms. The minimum atomic E-state index is -0.0599. The molecule has 0 unspecified atom stereocenters. The van der Waals surface area contributed by atoms with Crippen LogP contribution < -0.4 is 0 Å². The van der Waals surface area contributed by atoms with Crippen molar-refractivity contribution in [2.45, 2.75) is 75.2 Å². The molecule has 1 N–H and O–H groups in total. The van der Waals surface area contributed by atoms with Crippen molar-refractivity contribution in [3.8, 4) is 0 Å². The molecule has 0 heterocycles. The summed E-state index contributed by atoms with van der Waals surface area (Å²) in [5, 5.41) is 10.1. The van der Waals surface area contributed by atoms with Crippen molar-refractivity contribution < 1.29 is 9.90 Å². The quantitative estimate of drug-likeness (QED) is 0.470. The van der Waals surface area contributed by atoms with Gasteiger partial charge in [-0.1, -0.05) is 36.4 Å². The van der Waals surface area contributed by atoms with E-state index in [-0.39, 0.29) is 15.4 Å². The fourth-order valence-electron chi connectivity index (χ4n) is 6.98. The van der Waals surface area contributed by atoms with Crippen LogP contribution in [0, 0.1) is 34.5 Å². The Morgan fingerprint density at radius 2 is 1.82 bits per heavy atom.